The summed E-state index contributed by atoms with van der Waals surface area (Å²) >= 11 is 13.7. The maximum absolute atomic E-state index is 12.4. The highest BCUT2D eigenvalue weighted by Gasteiger charge is 2.24. The molecule has 1 atom stereocenters. The van der Waals surface area contributed by atoms with Crippen molar-refractivity contribution >= 4 is 46.8 Å². The van der Waals surface area contributed by atoms with Gasteiger partial charge in [-0.05, 0) is 73.0 Å². The highest BCUT2D eigenvalue weighted by Crippen LogP contribution is 2.41. The predicted molar refractivity (Wildman–Crippen MR) is 129 cm³/mol. The zero-order valence-corrected chi connectivity index (χ0v) is 20.0. The number of carbonyl (C=O) groups is 1. The molecule has 0 aromatic heterocycles. The van der Waals surface area contributed by atoms with Crippen molar-refractivity contribution in [2.24, 2.45) is 0 Å². The lowest BCUT2D eigenvalue weighted by Gasteiger charge is -2.27. The third kappa shape index (κ3) is 5.68. The zero-order chi connectivity index (χ0) is 23.4. The molecule has 0 saturated heterocycles. The average Bonchev–Trinajstić information content (AvgIpc) is 3.26. The molecule has 6 nitrogen and oxygen atoms in total. The lowest BCUT2D eigenvalue weighted by molar-refractivity contribution is -0.141. The first kappa shape index (κ1) is 23.6. The Labute approximate surface area is 206 Å². The van der Waals surface area contributed by atoms with E-state index in [4.69, 9.17) is 37.4 Å². The van der Waals surface area contributed by atoms with Gasteiger partial charge in [0.05, 0.1) is 12.3 Å². The second kappa shape index (κ2) is 10.6. The normalized spacial score (nSPS) is 13.0. The number of hydrogen-bond donors (Lipinski definition) is 1. The highest BCUT2D eigenvalue weighted by molar-refractivity contribution is 8.00. The fraction of sp³-hybridized carbons (Fsp3) is 0.208. The number of hydrogen-bond acceptors (Lipinski definition) is 7. The lowest BCUT2D eigenvalue weighted by atomic mass is 10.00. The van der Waals surface area contributed by atoms with Gasteiger partial charge in [0.15, 0.2) is 11.5 Å². The number of esters is 1. The SMILES string of the molecule is CCOC(=O)CN(Sc1ccc2c(c1)OCO2)c1ccc(Cl)cc1C(O)c1cccc(Cl)c1. The van der Waals surface area contributed by atoms with Gasteiger partial charge in [-0.2, -0.15) is 0 Å². The van der Waals surface area contributed by atoms with E-state index in [9.17, 15) is 9.90 Å². The van der Waals surface area contributed by atoms with Crippen LogP contribution < -0.4 is 13.8 Å². The van der Waals surface area contributed by atoms with Gasteiger partial charge in [0.25, 0.3) is 0 Å². The van der Waals surface area contributed by atoms with Crippen molar-refractivity contribution in [1.82, 2.24) is 0 Å². The molecule has 0 amide bonds. The van der Waals surface area contributed by atoms with Crippen LogP contribution in [0.15, 0.2) is 65.6 Å². The molecular weight excluding hydrogens is 485 g/mol. The molecule has 0 fully saturated rings. The molecule has 1 aliphatic rings. The van der Waals surface area contributed by atoms with Gasteiger partial charge in [-0.25, -0.2) is 0 Å². The maximum Gasteiger partial charge on any atom is 0.326 e. The molecule has 1 unspecified atom stereocenters. The van der Waals surface area contributed by atoms with Crippen LogP contribution in [-0.4, -0.2) is 31.0 Å². The minimum absolute atomic E-state index is 0.0517. The first-order valence-electron chi connectivity index (χ1n) is 10.2. The summed E-state index contributed by atoms with van der Waals surface area (Å²) in [6.45, 7) is 2.14. The second-order valence-corrected chi connectivity index (χ2v) is 9.08. The van der Waals surface area contributed by atoms with Crippen molar-refractivity contribution in [1.29, 1.82) is 0 Å². The fourth-order valence-electron chi connectivity index (χ4n) is 3.38. The van der Waals surface area contributed by atoms with E-state index in [1.807, 2.05) is 18.2 Å². The van der Waals surface area contributed by atoms with E-state index < -0.39 is 12.1 Å². The molecule has 0 saturated carbocycles. The second-order valence-electron chi connectivity index (χ2n) is 7.11. The quantitative estimate of drug-likeness (QED) is 0.302. The zero-order valence-electron chi connectivity index (χ0n) is 17.7. The van der Waals surface area contributed by atoms with Gasteiger partial charge in [0, 0.05) is 20.5 Å². The van der Waals surface area contributed by atoms with E-state index in [0.717, 1.165) is 4.90 Å². The molecule has 0 bridgehead atoms. The van der Waals surface area contributed by atoms with Crippen LogP contribution in [0.25, 0.3) is 0 Å². The number of aliphatic hydroxyl groups excluding tert-OH is 1. The summed E-state index contributed by atoms with van der Waals surface area (Å²) in [5, 5.41) is 12.2. The van der Waals surface area contributed by atoms with Gasteiger partial charge in [-0.3, -0.25) is 4.79 Å². The number of aliphatic hydroxyl groups is 1. The van der Waals surface area contributed by atoms with Gasteiger partial charge < -0.3 is 23.6 Å². The van der Waals surface area contributed by atoms with E-state index in [-0.39, 0.29) is 19.9 Å². The number of nitrogens with zero attached hydrogens (tertiary/aromatic N) is 1. The van der Waals surface area contributed by atoms with E-state index in [1.54, 1.807) is 53.7 Å². The van der Waals surface area contributed by atoms with Crippen LogP contribution in [0.1, 0.15) is 24.2 Å². The van der Waals surface area contributed by atoms with Crippen LogP contribution in [-0.2, 0) is 9.53 Å². The molecule has 1 heterocycles. The number of anilines is 1. The first-order chi connectivity index (χ1) is 15.9. The number of halogens is 2. The Balaban J connectivity index is 1.72. The summed E-state index contributed by atoms with van der Waals surface area (Å²) in [6.07, 6.45) is -1.01. The standard InChI is InChI=1S/C24H21Cl2NO5S/c1-2-30-23(28)13-27(33-18-7-9-21-22(12-18)32-14-31-21)20-8-6-17(26)11-19(20)24(29)15-4-3-5-16(25)10-15/h3-12,24,29H,2,13-14H2,1H3. The molecule has 1 aliphatic heterocycles. The van der Waals surface area contributed by atoms with Crippen molar-refractivity contribution in [3.05, 3.63) is 81.8 Å². The number of benzene rings is 3. The molecule has 0 spiro atoms. The highest BCUT2D eigenvalue weighted by atomic mass is 35.5. The van der Waals surface area contributed by atoms with Gasteiger partial charge >= 0.3 is 5.97 Å². The van der Waals surface area contributed by atoms with Gasteiger partial charge in [0.2, 0.25) is 6.79 Å². The summed E-state index contributed by atoms with van der Waals surface area (Å²) < 4.78 is 17.8. The molecule has 4 rings (SSSR count). The van der Waals surface area contributed by atoms with Crippen molar-refractivity contribution in [3.63, 3.8) is 0 Å². The van der Waals surface area contributed by atoms with E-state index in [1.165, 1.54) is 11.9 Å². The third-order valence-electron chi connectivity index (χ3n) is 4.85. The Kier molecular flexibility index (Phi) is 7.55. The van der Waals surface area contributed by atoms with Crippen molar-refractivity contribution in [3.8, 4) is 11.5 Å². The molecule has 0 radical (unpaired) electrons. The minimum atomic E-state index is -1.01. The van der Waals surface area contributed by atoms with Gasteiger partial charge in [0.1, 0.15) is 12.6 Å². The molecule has 9 heteroatoms. The molecule has 0 aliphatic carbocycles. The van der Waals surface area contributed by atoms with Crippen molar-refractivity contribution in [2.75, 3.05) is 24.2 Å². The number of fused-ring (bicyclic) bond motifs is 1. The summed E-state index contributed by atoms with van der Waals surface area (Å²) in [5.41, 5.74) is 1.75. The Bertz CT molecular complexity index is 1160. The predicted octanol–water partition coefficient (Wildman–Crippen LogP) is 5.88. The lowest BCUT2D eigenvalue weighted by Crippen LogP contribution is -2.26. The molecule has 172 valence electrons. The third-order valence-corrected chi connectivity index (χ3v) is 6.34. The molecule has 1 N–H and O–H groups in total. The van der Waals surface area contributed by atoms with Crippen LogP contribution >= 0.6 is 35.1 Å². The van der Waals surface area contributed by atoms with Gasteiger partial charge in [-0.1, -0.05) is 35.3 Å². The number of carbonyl (C=O) groups excluding carboxylic acids is 1. The largest absolute Gasteiger partial charge is 0.465 e. The van der Waals surface area contributed by atoms with Crippen LogP contribution in [0.2, 0.25) is 10.0 Å². The summed E-state index contributed by atoms with van der Waals surface area (Å²) in [7, 11) is 0. The van der Waals surface area contributed by atoms with Crippen LogP contribution in [0.4, 0.5) is 5.69 Å². The Morgan fingerprint density at radius 3 is 2.67 bits per heavy atom. The van der Waals surface area contributed by atoms with E-state index in [0.29, 0.717) is 38.4 Å². The van der Waals surface area contributed by atoms with E-state index in [2.05, 4.69) is 0 Å². The van der Waals surface area contributed by atoms with E-state index >= 15 is 0 Å². The van der Waals surface area contributed by atoms with Crippen LogP contribution in [0.5, 0.6) is 11.5 Å². The van der Waals surface area contributed by atoms with Crippen molar-refractivity contribution in [2.45, 2.75) is 17.9 Å². The minimum Gasteiger partial charge on any atom is -0.465 e. The maximum atomic E-state index is 12.4. The molecular formula is C24H21Cl2NO5S. The Morgan fingerprint density at radius 1 is 1.09 bits per heavy atom. The van der Waals surface area contributed by atoms with Crippen LogP contribution in [0, 0.1) is 0 Å². The Morgan fingerprint density at radius 2 is 1.88 bits per heavy atom. The molecule has 3 aromatic rings. The summed E-state index contributed by atoms with van der Waals surface area (Å²) in [6, 6.07) is 17.7. The molecule has 3 aromatic carbocycles. The summed E-state index contributed by atoms with van der Waals surface area (Å²) in [4.78, 5) is 13.3. The van der Waals surface area contributed by atoms with Crippen LogP contribution in [0.3, 0.4) is 0 Å². The number of ether oxygens (including phenoxy) is 3. The first-order valence-corrected chi connectivity index (χ1v) is 11.7. The van der Waals surface area contributed by atoms with Gasteiger partial charge in [-0.15, -0.1) is 0 Å². The topological polar surface area (TPSA) is 68.2 Å². The average molecular weight is 506 g/mol. The fourth-order valence-corrected chi connectivity index (χ4v) is 4.74. The number of rotatable bonds is 8. The smallest absolute Gasteiger partial charge is 0.326 e. The Hall–Kier alpha value is -2.58. The monoisotopic (exact) mass is 505 g/mol. The van der Waals surface area contributed by atoms with Crippen molar-refractivity contribution < 1.29 is 24.1 Å². The summed E-state index contributed by atoms with van der Waals surface area (Å²) in [5.74, 6) is 0.898. The molecule has 33 heavy (non-hydrogen) atoms.